The number of benzene rings is 3. The Morgan fingerprint density at radius 2 is 1.12 bits per heavy atom. The number of amides is 3. The number of aromatic nitrogens is 4. The number of carboxylic acid groups (broad SMARTS) is 1. The third-order valence-electron chi connectivity index (χ3n) is 13.0. The maximum absolute atomic E-state index is 14.5. The predicted octanol–water partition coefficient (Wildman–Crippen LogP) is 7.83. The molecule has 294 valence electrons. The molecule has 6 heterocycles. The number of hydrogen-bond donors (Lipinski definition) is 3. The Bertz CT molecular complexity index is 2210. The lowest BCUT2D eigenvalue weighted by atomic mass is 10.0. The molecule has 0 radical (unpaired) electrons. The number of likely N-dealkylation sites (N-methyl/N-ethyl adjacent to an activating group) is 1. The number of aromatic amines is 2. The van der Waals surface area contributed by atoms with Crippen molar-refractivity contribution in [2.45, 2.75) is 94.5 Å². The molecule has 0 spiro atoms. The van der Waals surface area contributed by atoms with Gasteiger partial charge in [0.15, 0.2) is 0 Å². The largest absolute Gasteiger partial charge is 0.465 e. The average Bonchev–Trinajstić information content (AvgIpc) is 4.11. The van der Waals surface area contributed by atoms with Crippen LogP contribution in [0.3, 0.4) is 0 Å². The van der Waals surface area contributed by atoms with E-state index in [-0.39, 0.29) is 29.9 Å². The summed E-state index contributed by atoms with van der Waals surface area (Å²) in [5, 5.41) is 9.36. The Labute approximate surface area is 332 Å². The monoisotopic (exact) mass is 766 g/mol. The molecule has 3 amide bonds. The average molecular weight is 767 g/mol. The summed E-state index contributed by atoms with van der Waals surface area (Å²) in [6, 6.07) is 26.8. The van der Waals surface area contributed by atoms with Crippen molar-refractivity contribution >= 4 is 17.9 Å². The number of H-pyrrole nitrogens is 2. The third kappa shape index (κ3) is 6.90. The number of nitrogens with one attached hydrogen (secondary N) is 2. The zero-order chi connectivity index (χ0) is 39.2. The van der Waals surface area contributed by atoms with E-state index in [1.807, 2.05) is 12.3 Å². The van der Waals surface area contributed by atoms with Gasteiger partial charge in [0.05, 0.1) is 35.9 Å². The van der Waals surface area contributed by atoms with Crippen LogP contribution in [-0.4, -0.2) is 101 Å². The maximum Gasteiger partial charge on any atom is 0.407 e. The topological polar surface area (TPSA) is 142 Å². The Morgan fingerprint density at radius 3 is 1.60 bits per heavy atom. The number of rotatable bonds is 10. The normalized spacial score (nSPS) is 22.9. The molecule has 12 heteroatoms. The van der Waals surface area contributed by atoms with Gasteiger partial charge < -0.3 is 24.9 Å². The van der Waals surface area contributed by atoms with E-state index in [9.17, 15) is 19.5 Å². The van der Waals surface area contributed by atoms with E-state index in [1.54, 1.807) is 18.0 Å². The molecule has 9 rings (SSSR count). The molecule has 4 fully saturated rings. The smallest absolute Gasteiger partial charge is 0.407 e. The van der Waals surface area contributed by atoms with E-state index in [2.05, 4.69) is 97.5 Å². The highest BCUT2D eigenvalue weighted by Gasteiger charge is 2.48. The fraction of sp³-hybridized carbons (Fsp3) is 0.400. The van der Waals surface area contributed by atoms with Crippen LogP contribution in [0.25, 0.3) is 33.6 Å². The van der Waals surface area contributed by atoms with Gasteiger partial charge in [-0.15, -0.1) is 0 Å². The van der Waals surface area contributed by atoms with Crippen molar-refractivity contribution in [2.24, 2.45) is 0 Å². The second-order valence-electron chi connectivity index (χ2n) is 16.2. The van der Waals surface area contributed by atoms with Gasteiger partial charge in [0.2, 0.25) is 11.8 Å². The van der Waals surface area contributed by atoms with Crippen LogP contribution >= 0.6 is 0 Å². The SMILES string of the molecule is C[C@@H](C(=O)N1CCC[C@H]1c1ncc(-c2ccc(-c3ccc(-c4cnc([C@@H]5CCCN5C(=O)C(c5ccccc5)N5C6CCC5CC6)[nH]4)cc3)cc2)[nH]1)N(C)C(=O)O. The molecule has 12 nitrogen and oxygen atoms in total. The van der Waals surface area contributed by atoms with Crippen LogP contribution in [0.4, 0.5) is 4.79 Å². The van der Waals surface area contributed by atoms with Crippen LogP contribution in [0.5, 0.6) is 0 Å². The number of carbonyl (C=O) groups excluding carboxylic acids is 2. The van der Waals surface area contributed by atoms with Crippen molar-refractivity contribution in [2.75, 3.05) is 20.1 Å². The van der Waals surface area contributed by atoms with Crippen LogP contribution in [0, 0.1) is 0 Å². The minimum absolute atomic E-state index is 0.0735. The van der Waals surface area contributed by atoms with E-state index in [0.717, 1.165) is 82.2 Å². The van der Waals surface area contributed by atoms with Gasteiger partial charge in [-0.05, 0) is 86.1 Å². The minimum atomic E-state index is -1.13. The molecule has 4 aliphatic rings. The Balaban J connectivity index is 0.867. The molecular formula is C45H50N8O4. The van der Waals surface area contributed by atoms with E-state index in [0.29, 0.717) is 24.5 Å². The van der Waals surface area contributed by atoms with Gasteiger partial charge in [-0.25, -0.2) is 14.8 Å². The molecule has 57 heavy (non-hydrogen) atoms. The van der Waals surface area contributed by atoms with Crippen molar-refractivity contribution in [3.8, 4) is 33.6 Å². The van der Waals surface area contributed by atoms with Crippen molar-refractivity contribution in [1.29, 1.82) is 0 Å². The molecule has 4 saturated heterocycles. The van der Waals surface area contributed by atoms with E-state index in [1.165, 1.54) is 32.7 Å². The lowest BCUT2D eigenvalue weighted by Crippen LogP contribution is -2.47. The summed E-state index contributed by atoms with van der Waals surface area (Å²) in [6.45, 7) is 2.94. The first-order valence-electron chi connectivity index (χ1n) is 20.5. The molecular weight excluding hydrogens is 717 g/mol. The van der Waals surface area contributed by atoms with Crippen molar-refractivity contribution in [3.63, 3.8) is 0 Å². The molecule has 4 aliphatic heterocycles. The predicted molar refractivity (Wildman–Crippen MR) is 217 cm³/mol. The molecule has 1 unspecified atom stereocenters. The fourth-order valence-corrected chi connectivity index (χ4v) is 9.80. The Hall–Kier alpha value is -5.75. The minimum Gasteiger partial charge on any atom is -0.465 e. The van der Waals surface area contributed by atoms with Gasteiger partial charge in [-0.3, -0.25) is 19.4 Å². The lowest BCUT2D eigenvalue weighted by Gasteiger charge is -2.35. The number of nitrogens with zero attached hydrogens (tertiary/aromatic N) is 6. The number of carbonyl (C=O) groups is 3. The summed E-state index contributed by atoms with van der Waals surface area (Å²) in [6.07, 6.45) is 10.8. The summed E-state index contributed by atoms with van der Waals surface area (Å²) in [5.74, 6) is 1.54. The van der Waals surface area contributed by atoms with Gasteiger partial charge in [-0.1, -0.05) is 78.9 Å². The molecule has 3 N–H and O–H groups in total. The van der Waals surface area contributed by atoms with E-state index in [4.69, 9.17) is 4.98 Å². The van der Waals surface area contributed by atoms with Gasteiger partial charge in [0, 0.05) is 32.2 Å². The second-order valence-corrected chi connectivity index (χ2v) is 16.2. The van der Waals surface area contributed by atoms with Crippen LogP contribution in [0.15, 0.2) is 91.3 Å². The van der Waals surface area contributed by atoms with Crippen molar-refractivity contribution in [1.82, 2.24) is 39.5 Å². The Kier molecular flexibility index (Phi) is 9.90. The first-order valence-corrected chi connectivity index (χ1v) is 20.5. The summed E-state index contributed by atoms with van der Waals surface area (Å²) in [7, 11) is 1.42. The molecule has 0 aliphatic carbocycles. The molecule has 3 aromatic carbocycles. The summed E-state index contributed by atoms with van der Waals surface area (Å²) in [4.78, 5) is 63.1. The number of imidazole rings is 2. The van der Waals surface area contributed by atoms with Gasteiger partial charge in [0.1, 0.15) is 23.7 Å². The van der Waals surface area contributed by atoms with Crippen molar-refractivity contribution in [3.05, 3.63) is 108 Å². The highest BCUT2D eigenvalue weighted by atomic mass is 16.4. The Morgan fingerprint density at radius 1 is 0.667 bits per heavy atom. The number of hydrogen-bond acceptors (Lipinski definition) is 6. The standard InChI is InChI=1S/C45H50N8O4/c1-28(50(2)45(56)57)43(54)51-24-6-10-38(51)41-46-26-36(48-41)31-16-12-29(13-17-31)30-14-18-32(19-15-30)37-27-47-42(49-37)39-11-7-25-52(39)44(55)40(33-8-4-3-5-9-33)53-34-20-21-35(53)23-22-34/h3-5,8-9,12-19,26-28,34-35,38-40H,6-7,10-11,20-25H2,1-2H3,(H,46,48)(H,47,49)(H,56,57)/t28-,34?,35?,38-,39-,40?/m0/s1. The van der Waals surface area contributed by atoms with E-state index < -0.39 is 12.1 Å². The highest BCUT2D eigenvalue weighted by Crippen LogP contribution is 2.45. The molecule has 5 aromatic rings. The highest BCUT2D eigenvalue weighted by molar-refractivity contribution is 5.86. The van der Waals surface area contributed by atoms with Crippen LogP contribution in [0.2, 0.25) is 0 Å². The summed E-state index contributed by atoms with van der Waals surface area (Å²) < 4.78 is 0. The summed E-state index contributed by atoms with van der Waals surface area (Å²) in [5.41, 5.74) is 7.08. The molecule has 2 bridgehead atoms. The zero-order valence-electron chi connectivity index (χ0n) is 32.6. The number of likely N-dealkylation sites (tertiary alicyclic amines) is 2. The first kappa shape index (κ1) is 36.9. The van der Waals surface area contributed by atoms with Crippen LogP contribution in [-0.2, 0) is 9.59 Å². The van der Waals surface area contributed by atoms with E-state index >= 15 is 0 Å². The maximum atomic E-state index is 14.5. The fourth-order valence-electron chi connectivity index (χ4n) is 9.80. The molecule has 4 atom stereocenters. The third-order valence-corrected chi connectivity index (χ3v) is 13.0. The lowest BCUT2D eigenvalue weighted by molar-refractivity contribution is -0.139. The van der Waals surface area contributed by atoms with Gasteiger partial charge in [-0.2, -0.15) is 0 Å². The quantitative estimate of drug-likeness (QED) is 0.132. The van der Waals surface area contributed by atoms with Gasteiger partial charge >= 0.3 is 6.09 Å². The second kappa shape index (κ2) is 15.3. The molecule has 0 saturated carbocycles. The van der Waals surface area contributed by atoms with Crippen molar-refractivity contribution < 1.29 is 19.5 Å². The summed E-state index contributed by atoms with van der Waals surface area (Å²) >= 11 is 0. The van der Waals surface area contributed by atoms with Gasteiger partial charge in [0.25, 0.3) is 0 Å². The number of fused-ring (bicyclic) bond motifs is 2. The first-order chi connectivity index (χ1) is 27.7. The molecule has 2 aromatic heterocycles. The van der Waals surface area contributed by atoms with Crippen LogP contribution < -0.4 is 0 Å². The zero-order valence-corrected chi connectivity index (χ0v) is 32.6. The van der Waals surface area contributed by atoms with Crippen LogP contribution in [0.1, 0.15) is 93.6 Å².